The van der Waals surface area contributed by atoms with E-state index in [4.69, 9.17) is 4.98 Å². The van der Waals surface area contributed by atoms with E-state index in [9.17, 15) is 9.65 Å². The molecule has 1 aromatic carbocycles. The molecule has 0 unspecified atom stereocenters. The molecule has 3 aromatic heterocycles. The molecule has 5 rings (SSSR count). The van der Waals surface area contributed by atoms with Gasteiger partial charge in [0.05, 0.1) is 11.4 Å². The second-order valence-corrected chi connectivity index (χ2v) is 9.40. The van der Waals surface area contributed by atoms with E-state index in [-0.39, 0.29) is 17.3 Å². The Kier molecular flexibility index (Phi) is 6.36. The first kappa shape index (κ1) is 23.2. The van der Waals surface area contributed by atoms with E-state index < -0.39 is 0 Å². The van der Waals surface area contributed by atoms with Gasteiger partial charge in [0.25, 0.3) is 0 Å². The van der Waals surface area contributed by atoms with Crippen LogP contribution >= 0.6 is 11.3 Å². The molecule has 1 aliphatic heterocycles. The molecule has 1 N–H and O–H groups in total. The molecule has 1 saturated heterocycles. The lowest BCUT2D eigenvalue weighted by atomic mass is 10.1. The van der Waals surface area contributed by atoms with Crippen molar-refractivity contribution in [3.05, 3.63) is 58.7 Å². The predicted octanol–water partition coefficient (Wildman–Crippen LogP) is 4.74. The van der Waals surface area contributed by atoms with Crippen molar-refractivity contribution >= 4 is 33.6 Å². The van der Waals surface area contributed by atoms with Gasteiger partial charge in [0.15, 0.2) is 16.6 Å². The molecule has 7 nitrogen and oxygen atoms in total. The number of halogens is 2. The summed E-state index contributed by atoms with van der Waals surface area (Å²) in [5.74, 6) is -0.0193. The van der Waals surface area contributed by atoms with Gasteiger partial charge in [0.2, 0.25) is 0 Å². The number of benzene rings is 1. The maximum atomic E-state index is 15.2. The highest BCUT2D eigenvalue weighted by Gasteiger charge is 2.24. The Morgan fingerprint density at radius 3 is 2.71 bits per heavy atom. The second kappa shape index (κ2) is 9.60. The molecule has 10 heteroatoms. The molecule has 0 saturated carbocycles. The SMILES string of the molecule is CCc1nc2c(F)cc(N3CCCNCC3)cn2c1N(C)c1nc(-c2ccc(F)cc2)c(C#N)s1. The van der Waals surface area contributed by atoms with Crippen molar-refractivity contribution in [2.45, 2.75) is 19.8 Å². The van der Waals surface area contributed by atoms with Crippen LogP contribution in [0.2, 0.25) is 0 Å². The molecule has 35 heavy (non-hydrogen) atoms. The lowest BCUT2D eigenvalue weighted by Gasteiger charge is -2.23. The molecule has 1 aliphatic rings. The summed E-state index contributed by atoms with van der Waals surface area (Å²) in [5, 5.41) is 13.7. The normalized spacial score (nSPS) is 14.2. The summed E-state index contributed by atoms with van der Waals surface area (Å²) in [6.07, 6.45) is 3.52. The number of aryl methyl sites for hydroxylation is 1. The highest BCUT2D eigenvalue weighted by atomic mass is 32.1. The largest absolute Gasteiger partial charge is 0.369 e. The van der Waals surface area contributed by atoms with Crippen molar-refractivity contribution in [2.24, 2.45) is 0 Å². The lowest BCUT2D eigenvalue weighted by Crippen LogP contribution is -2.28. The third kappa shape index (κ3) is 4.33. The van der Waals surface area contributed by atoms with Crippen LogP contribution in [0.15, 0.2) is 36.5 Å². The quantitative estimate of drug-likeness (QED) is 0.433. The van der Waals surface area contributed by atoms with Crippen molar-refractivity contribution in [3.8, 4) is 17.3 Å². The summed E-state index contributed by atoms with van der Waals surface area (Å²) in [7, 11) is 1.84. The summed E-state index contributed by atoms with van der Waals surface area (Å²) >= 11 is 1.24. The Labute approximate surface area is 206 Å². The van der Waals surface area contributed by atoms with Crippen LogP contribution in [0.3, 0.4) is 0 Å². The summed E-state index contributed by atoms with van der Waals surface area (Å²) in [4.78, 5) is 13.8. The number of aromatic nitrogens is 3. The summed E-state index contributed by atoms with van der Waals surface area (Å²) in [6, 6.07) is 9.68. The molecule has 1 fully saturated rings. The van der Waals surface area contributed by atoms with E-state index in [0.29, 0.717) is 33.5 Å². The number of nitrogens with zero attached hydrogens (tertiary/aromatic N) is 6. The van der Waals surface area contributed by atoms with Crippen LogP contribution in [0.25, 0.3) is 16.9 Å². The molecular formula is C25H25F2N7S. The molecule has 0 spiro atoms. The number of anilines is 3. The maximum absolute atomic E-state index is 15.2. The minimum absolute atomic E-state index is 0.260. The first-order valence-electron chi connectivity index (χ1n) is 11.6. The monoisotopic (exact) mass is 493 g/mol. The zero-order valence-corrected chi connectivity index (χ0v) is 20.4. The zero-order chi connectivity index (χ0) is 24.5. The van der Waals surface area contributed by atoms with Gasteiger partial charge in [-0.1, -0.05) is 18.3 Å². The van der Waals surface area contributed by atoms with Crippen LogP contribution < -0.4 is 15.1 Å². The molecule has 0 aliphatic carbocycles. The number of imidazole rings is 1. The van der Waals surface area contributed by atoms with Gasteiger partial charge in [-0.05, 0) is 43.7 Å². The highest BCUT2D eigenvalue weighted by molar-refractivity contribution is 7.16. The summed E-state index contributed by atoms with van der Waals surface area (Å²) < 4.78 is 30.4. The second-order valence-electron chi connectivity index (χ2n) is 8.42. The Morgan fingerprint density at radius 1 is 1.17 bits per heavy atom. The zero-order valence-electron chi connectivity index (χ0n) is 19.6. The van der Waals surface area contributed by atoms with E-state index in [1.54, 1.807) is 22.6 Å². The molecular weight excluding hydrogens is 468 g/mol. The number of nitriles is 1. The molecule has 4 heterocycles. The van der Waals surface area contributed by atoms with Crippen molar-refractivity contribution < 1.29 is 8.78 Å². The van der Waals surface area contributed by atoms with Crippen LogP contribution in [0.4, 0.5) is 25.4 Å². The predicted molar refractivity (Wildman–Crippen MR) is 135 cm³/mol. The van der Waals surface area contributed by atoms with E-state index in [1.165, 1.54) is 23.5 Å². The minimum atomic E-state index is -0.377. The standard InChI is InChI=1S/C25H25F2N7S/c1-3-20-24(32(2)25-31-22(21(14-28)35-25)16-5-7-17(26)8-6-16)34-15-18(13-19(27)23(34)30-20)33-11-4-9-29-10-12-33/h5-8,13,15,29H,3-4,9-12H2,1-2H3. The summed E-state index contributed by atoms with van der Waals surface area (Å²) in [5.41, 5.74) is 2.96. The van der Waals surface area contributed by atoms with Gasteiger partial charge in [0, 0.05) is 44.5 Å². The number of hydrogen-bond donors (Lipinski definition) is 1. The summed E-state index contributed by atoms with van der Waals surface area (Å²) in [6.45, 7) is 5.41. The van der Waals surface area contributed by atoms with Crippen LogP contribution in [0.1, 0.15) is 23.9 Å². The van der Waals surface area contributed by atoms with Crippen LogP contribution in [-0.2, 0) is 6.42 Å². The molecule has 4 aromatic rings. The Bertz CT molecular complexity index is 1400. The van der Waals surface area contributed by atoms with Crippen molar-refractivity contribution in [2.75, 3.05) is 43.0 Å². The number of rotatable bonds is 5. The number of thiazole rings is 1. The average Bonchev–Trinajstić information content (AvgIpc) is 3.36. The van der Waals surface area contributed by atoms with Gasteiger partial charge in [-0.25, -0.2) is 18.7 Å². The molecule has 180 valence electrons. The smallest absolute Gasteiger partial charge is 0.192 e. The Hall–Kier alpha value is -3.55. The molecule has 0 bridgehead atoms. The van der Waals surface area contributed by atoms with Crippen molar-refractivity contribution in [1.82, 2.24) is 19.7 Å². The first-order valence-corrected chi connectivity index (χ1v) is 12.4. The van der Waals surface area contributed by atoms with Gasteiger partial charge in [-0.3, -0.25) is 4.40 Å². The molecule has 0 amide bonds. The fourth-order valence-electron chi connectivity index (χ4n) is 4.42. The number of hydrogen-bond acceptors (Lipinski definition) is 7. The van der Waals surface area contributed by atoms with Crippen molar-refractivity contribution in [3.63, 3.8) is 0 Å². The lowest BCUT2D eigenvalue weighted by molar-refractivity contribution is 0.627. The first-order chi connectivity index (χ1) is 17.0. The Balaban J connectivity index is 1.60. The van der Waals surface area contributed by atoms with Gasteiger partial charge in [0.1, 0.15) is 28.3 Å². The van der Waals surface area contributed by atoms with E-state index in [0.717, 1.165) is 44.0 Å². The number of nitrogens with one attached hydrogen (secondary N) is 1. The topological polar surface area (TPSA) is 72.5 Å². The van der Waals surface area contributed by atoms with Gasteiger partial charge in [-0.15, -0.1) is 0 Å². The average molecular weight is 494 g/mol. The maximum Gasteiger partial charge on any atom is 0.192 e. The van der Waals surface area contributed by atoms with E-state index >= 15 is 4.39 Å². The molecule has 0 atom stereocenters. The van der Waals surface area contributed by atoms with E-state index in [1.807, 2.05) is 25.1 Å². The Morgan fingerprint density at radius 2 is 1.97 bits per heavy atom. The fraction of sp³-hybridized carbons (Fsp3) is 0.320. The third-order valence-electron chi connectivity index (χ3n) is 6.18. The van der Waals surface area contributed by atoms with E-state index in [2.05, 4.69) is 21.3 Å². The van der Waals surface area contributed by atoms with Crippen molar-refractivity contribution in [1.29, 1.82) is 5.26 Å². The third-order valence-corrected chi connectivity index (χ3v) is 7.22. The number of fused-ring (bicyclic) bond motifs is 1. The van der Waals surface area contributed by atoms with Gasteiger partial charge in [-0.2, -0.15) is 5.26 Å². The van der Waals surface area contributed by atoms with Gasteiger partial charge < -0.3 is 15.1 Å². The molecule has 0 radical (unpaired) electrons. The van der Waals surface area contributed by atoms with Crippen LogP contribution in [-0.4, -0.2) is 47.6 Å². The fourth-order valence-corrected chi connectivity index (χ4v) is 5.27. The van der Waals surface area contributed by atoms with Gasteiger partial charge >= 0.3 is 0 Å². The minimum Gasteiger partial charge on any atom is -0.369 e. The van der Waals surface area contributed by atoms with Crippen LogP contribution in [0, 0.1) is 23.0 Å². The number of pyridine rings is 1. The van der Waals surface area contributed by atoms with Crippen LogP contribution in [0.5, 0.6) is 0 Å². The highest BCUT2D eigenvalue weighted by Crippen LogP contribution is 2.37.